The standard InChI is InChI=1S/C17H27NO2S/c1-3-4-14-5-7-15(8-6-14)17(18-2)13-21(19)16-9-11-20-12-10-16/h5-8,16-18H,3-4,9-13H2,1-2H3. The average Bonchev–Trinajstić information content (AvgIpc) is 2.54. The summed E-state index contributed by atoms with van der Waals surface area (Å²) in [7, 11) is 1.16. The molecule has 0 aliphatic carbocycles. The molecule has 0 spiro atoms. The van der Waals surface area contributed by atoms with Gasteiger partial charge in [0.15, 0.2) is 0 Å². The maximum atomic E-state index is 12.5. The number of nitrogens with one attached hydrogen (secondary N) is 1. The fourth-order valence-electron chi connectivity index (χ4n) is 2.79. The molecule has 1 saturated heterocycles. The highest BCUT2D eigenvalue weighted by Gasteiger charge is 2.23. The molecular weight excluding hydrogens is 282 g/mol. The monoisotopic (exact) mass is 309 g/mol. The van der Waals surface area contributed by atoms with Gasteiger partial charge in [0.25, 0.3) is 0 Å². The molecule has 0 bridgehead atoms. The van der Waals surface area contributed by atoms with E-state index in [1.807, 2.05) is 7.05 Å². The van der Waals surface area contributed by atoms with Crippen molar-refractivity contribution in [2.45, 2.75) is 43.9 Å². The predicted molar refractivity (Wildman–Crippen MR) is 89.1 cm³/mol. The van der Waals surface area contributed by atoms with Crippen LogP contribution in [0.2, 0.25) is 0 Å². The summed E-state index contributed by atoms with van der Waals surface area (Å²) in [5, 5.41) is 3.62. The van der Waals surface area contributed by atoms with E-state index in [0.717, 1.165) is 32.5 Å². The highest BCUT2D eigenvalue weighted by atomic mass is 32.2. The molecule has 0 amide bonds. The minimum Gasteiger partial charge on any atom is -0.381 e. The van der Waals surface area contributed by atoms with Crippen LogP contribution in [-0.4, -0.2) is 35.5 Å². The predicted octanol–water partition coefficient (Wildman–Crippen LogP) is 2.83. The highest BCUT2D eigenvalue weighted by molar-refractivity contribution is 7.85. The molecule has 0 radical (unpaired) electrons. The zero-order chi connectivity index (χ0) is 15.1. The van der Waals surface area contributed by atoms with Crippen molar-refractivity contribution in [1.82, 2.24) is 5.32 Å². The van der Waals surface area contributed by atoms with Gasteiger partial charge in [-0.15, -0.1) is 0 Å². The molecule has 1 heterocycles. The van der Waals surface area contributed by atoms with Crippen molar-refractivity contribution in [3.05, 3.63) is 35.4 Å². The van der Waals surface area contributed by atoms with Crippen LogP contribution in [0.3, 0.4) is 0 Å². The van der Waals surface area contributed by atoms with Crippen LogP contribution in [-0.2, 0) is 22.0 Å². The van der Waals surface area contributed by atoms with Crippen LogP contribution >= 0.6 is 0 Å². The van der Waals surface area contributed by atoms with E-state index >= 15 is 0 Å². The van der Waals surface area contributed by atoms with Crippen LogP contribution in [0.25, 0.3) is 0 Å². The third-order valence-corrected chi connectivity index (χ3v) is 6.02. The van der Waals surface area contributed by atoms with Crippen molar-refractivity contribution < 1.29 is 8.95 Å². The summed E-state index contributed by atoms with van der Waals surface area (Å²) < 4.78 is 17.9. The number of benzene rings is 1. The minimum absolute atomic E-state index is 0.171. The van der Waals surface area contributed by atoms with Crippen molar-refractivity contribution in [2.75, 3.05) is 26.0 Å². The first-order valence-corrected chi connectivity index (χ1v) is 9.33. The summed E-state index contributed by atoms with van der Waals surface area (Å²) in [4.78, 5) is 0. The Labute approximate surface area is 130 Å². The Hall–Kier alpha value is -0.710. The van der Waals surface area contributed by atoms with Gasteiger partial charge in [0.1, 0.15) is 0 Å². The van der Waals surface area contributed by atoms with Crippen LogP contribution in [0.1, 0.15) is 43.4 Å². The Morgan fingerprint density at radius 3 is 2.52 bits per heavy atom. The van der Waals surface area contributed by atoms with Crippen LogP contribution < -0.4 is 5.32 Å². The topological polar surface area (TPSA) is 38.3 Å². The average molecular weight is 309 g/mol. The number of hydrogen-bond donors (Lipinski definition) is 1. The molecule has 1 aliphatic rings. The Bertz CT molecular complexity index is 441. The Morgan fingerprint density at radius 2 is 1.95 bits per heavy atom. The molecule has 1 aromatic rings. The van der Waals surface area contributed by atoms with E-state index in [1.54, 1.807) is 0 Å². The molecule has 0 aromatic heterocycles. The SMILES string of the molecule is CCCc1ccc(C(CS(=O)C2CCOCC2)NC)cc1. The summed E-state index contributed by atoms with van der Waals surface area (Å²) in [5.74, 6) is 0.689. The molecule has 4 heteroatoms. The van der Waals surface area contributed by atoms with Crippen LogP contribution in [0.5, 0.6) is 0 Å². The lowest BCUT2D eigenvalue weighted by Gasteiger charge is -2.24. The summed E-state index contributed by atoms with van der Waals surface area (Å²) >= 11 is 0. The van der Waals surface area contributed by atoms with E-state index in [-0.39, 0.29) is 6.04 Å². The molecule has 1 N–H and O–H groups in total. The number of rotatable bonds is 7. The van der Waals surface area contributed by atoms with Gasteiger partial charge in [-0.2, -0.15) is 0 Å². The van der Waals surface area contributed by atoms with Crippen molar-refractivity contribution in [2.24, 2.45) is 0 Å². The van der Waals surface area contributed by atoms with E-state index in [2.05, 4.69) is 36.5 Å². The fraction of sp³-hybridized carbons (Fsp3) is 0.647. The maximum Gasteiger partial charge on any atom is 0.0477 e. The molecule has 21 heavy (non-hydrogen) atoms. The molecule has 1 aliphatic heterocycles. The summed E-state index contributed by atoms with van der Waals surface area (Å²) in [6.45, 7) is 3.71. The van der Waals surface area contributed by atoms with E-state index in [4.69, 9.17) is 4.74 Å². The van der Waals surface area contributed by atoms with Gasteiger partial charge in [0, 0.05) is 41.1 Å². The molecule has 0 saturated carbocycles. The number of ether oxygens (including phenoxy) is 1. The first-order chi connectivity index (χ1) is 10.2. The van der Waals surface area contributed by atoms with Gasteiger partial charge >= 0.3 is 0 Å². The lowest BCUT2D eigenvalue weighted by Crippen LogP contribution is -2.31. The van der Waals surface area contributed by atoms with Crippen LogP contribution in [0.4, 0.5) is 0 Å². The van der Waals surface area contributed by atoms with Gasteiger partial charge < -0.3 is 10.1 Å². The van der Waals surface area contributed by atoms with Gasteiger partial charge in [0.2, 0.25) is 0 Å². The first-order valence-electron chi connectivity index (χ1n) is 7.95. The Balaban J connectivity index is 1.96. The second-order valence-electron chi connectivity index (χ2n) is 5.69. The van der Waals surface area contributed by atoms with E-state index in [0.29, 0.717) is 11.0 Å². The van der Waals surface area contributed by atoms with Crippen LogP contribution in [0.15, 0.2) is 24.3 Å². The van der Waals surface area contributed by atoms with Crippen molar-refractivity contribution in [3.8, 4) is 0 Å². The highest BCUT2D eigenvalue weighted by Crippen LogP contribution is 2.20. The van der Waals surface area contributed by atoms with E-state index in [1.165, 1.54) is 17.5 Å². The van der Waals surface area contributed by atoms with Crippen molar-refractivity contribution >= 4 is 10.8 Å². The molecular formula is C17H27NO2S. The summed E-state index contributed by atoms with van der Waals surface area (Å²) in [6, 6.07) is 8.91. The van der Waals surface area contributed by atoms with Crippen LogP contribution in [0, 0.1) is 0 Å². The molecule has 118 valence electrons. The quantitative estimate of drug-likeness (QED) is 0.842. The number of aryl methyl sites for hydroxylation is 1. The van der Waals surface area contributed by atoms with E-state index < -0.39 is 10.8 Å². The fourth-order valence-corrected chi connectivity index (χ4v) is 4.47. The zero-order valence-corrected chi connectivity index (χ0v) is 14.0. The molecule has 1 fully saturated rings. The minimum atomic E-state index is -0.788. The smallest absolute Gasteiger partial charge is 0.0477 e. The Morgan fingerprint density at radius 1 is 1.29 bits per heavy atom. The second-order valence-corrected chi connectivity index (χ2v) is 7.45. The molecule has 2 unspecified atom stereocenters. The van der Waals surface area contributed by atoms with Crippen molar-refractivity contribution in [1.29, 1.82) is 0 Å². The van der Waals surface area contributed by atoms with Gasteiger partial charge in [-0.1, -0.05) is 37.6 Å². The first kappa shape index (κ1) is 16.7. The Kier molecular flexibility index (Phi) is 6.87. The van der Waals surface area contributed by atoms with Gasteiger partial charge in [-0.05, 0) is 37.4 Å². The number of hydrogen-bond acceptors (Lipinski definition) is 3. The van der Waals surface area contributed by atoms with Gasteiger partial charge in [-0.25, -0.2) is 0 Å². The van der Waals surface area contributed by atoms with Gasteiger partial charge in [-0.3, -0.25) is 4.21 Å². The molecule has 2 atom stereocenters. The zero-order valence-electron chi connectivity index (χ0n) is 13.1. The maximum absolute atomic E-state index is 12.5. The van der Waals surface area contributed by atoms with Crippen molar-refractivity contribution in [3.63, 3.8) is 0 Å². The summed E-state index contributed by atoms with van der Waals surface area (Å²) in [5.41, 5.74) is 2.61. The third-order valence-electron chi connectivity index (χ3n) is 4.14. The molecule has 3 nitrogen and oxygen atoms in total. The molecule has 2 rings (SSSR count). The lowest BCUT2D eigenvalue weighted by molar-refractivity contribution is 0.0992. The molecule has 1 aromatic carbocycles. The normalized spacial score (nSPS) is 19.3. The van der Waals surface area contributed by atoms with E-state index in [9.17, 15) is 4.21 Å². The third kappa shape index (κ3) is 4.90. The largest absolute Gasteiger partial charge is 0.381 e. The second kappa shape index (κ2) is 8.66. The lowest BCUT2D eigenvalue weighted by atomic mass is 10.0. The van der Waals surface area contributed by atoms with Gasteiger partial charge in [0.05, 0.1) is 0 Å². The summed E-state index contributed by atoms with van der Waals surface area (Å²) in [6.07, 6.45) is 4.15.